The van der Waals surface area contributed by atoms with Crippen LogP contribution in [0.15, 0.2) is 72.8 Å². The highest BCUT2D eigenvalue weighted by Gasteiger charge is 2.27. The number of rotatable bonds is 4. The molecule has 1 aromatic heterocycles. The van der Waals surface area contributed by atoms with Gasteiger partial charge >= 0.3 is 0 Å². The first-order valence-electron chi connectivity index (χ1n) is 9.96. The van der Waals surface area contributed by atoms with E-state index in [2.05, 4.69) is 4.90 Å². The van der Waals surface area contributed by atoms with Gasteiger partial charge in [0.2, 0.25) is 0 Å². The van der Waals surface area contributed by atoms with Crippen LogP contribution in [0, 0.1) is 11.6 Å². The average Bonchev–Trinajstić information content (AvgIpc) is 3.24. The van der Waals surface area contributed by atoms with Crippen molar-refractivity contribution in [2.75, 3.05) is 7.05 Å². The first-order chi connectivity index (χ1) is 14.6. The van der Waals surface area contributed by atoms with Gasteiger partial charge in [0.15, 0.2) is 0 Å². The highest BCUT2D eigenvalue weighted by molar-refractivity contribution is 5.67. The normalized spacial score (nSPS) is 13.6. The lowest BCUT2D eigenvalue weighted by atomic mass is 10.0. The first-order valence-corrected chi connectivity index (χ1v) is 9.96. The Bertz CT molecular complexity index is 1230. The zero-order valence-electron chi connectivity index (χ0n) is 16.6. The lowest BCUT2D eigenvalue weighted by Crippen LogP contribution is -2.13. The molecule has 0 saturated carbocycles. The Morgan fingerprint density at radius 1 is 0.833 bits per heavy atom. The number of hydrogen-bond donors (Lipinski definition) is 0. The first kappa shape index (κ1) is 18.7. The number of nitrogens with zero attached hydrogens (tertiary/aromatic N) is 3. The second-order valence-electron chi connectivity index (χ2n) is 7.76. The summed E-state index contributed by atoms with van der Waals surface area (Å²) in [7, 11) is 2.04. The maximum Gasteiger partial charge on any atom is 0.132 e. The zero-order valence-corrected chi connectivity index (χ0v) is 16.6. The molecular weight excluding hydrogens is 380 g/mol. The van der Waals surface area contributed by atoms with Crippen LogP contribution in [0.3, 0.4) is 0 Å². The van der Waals surface area contributed by atoms with Gasteiger partial charge in [-0.1, -0.05) is 48.5 Å². The Kier molecular flexibility index (Phi) is 4.68. The molecule has 0 radical (unpaired) electrons. The van der Waals surface area contributed by atoms with Crippen molar-refractivity contribution in [1.29, 1.82) is 0 Å². The number of fused-ring (bicyclic) bond motifs is 1. The van der Waals surface area contributed by atoms with Crippen LogP contribution in [0.25, 0.3) is 22.4 Å². The third kappa shape index (κ3) is 3.31. The summed E-state index contributed by atoms with van der Waals surface area (Å²) in [6.45, 7) is 1.98. The van der Waals surface area contributed by atoms with E-state index in [0.29, 0.717) is 17.7 Å². The minimum absolute atomic E-state index is 0.247. The van der Waals surface area contributed by atoms with E-state index in [1.165, 1.54) is 12.1 Å². The third-order valence-electron chi connectivity index (χ3n) is 5.55. The van der Waals surface area contributed by atoms with Crippen LogP contribution in [0.5, 0.6) is 0 Å². The SMILES string of the molecule is CN1Cc2nn(Cc3cccc(-c4ccccc4F)c3)c(-c3ccccc3F)c2C1. The largest absolute Gasteiger partial charge is 0.296 e. The molecular formula is C25H21F2N3. The Balaban J connectivity index is 1.57. The number of aromatic nitrogens is 2. The van der Waals surface area contributed by atoms with Crippen LogP contribution in [0.4, 0.5) is 8.78 Å². The van der Waals surface area contributed by atoms with Gasteiger partial charge in [0.05, 0.1) is 17.9 Å². The highest BCUT2D eigenvalue weighted by atomic mass is 19.1. The Morgan fingerprint density at radius 2 is 1.53 bits per heavy atom. The summed E-state index contributed by atoms with van der Waals surface area (Å²) in [4.78, 5) is 2.17. The van der Waals surface area contributed by atoms with Crippen molar-refractivity contribution in [3.8, 4) is 22.4 Å². The fourth-order valence-electron chi connectivity index (χ4n) is 4.20. The molecule has 1 aliphatic heterocycles. The van der Waals surface area contributed by atoms with E-state index >= 15 is 0 Å². The van der Waals surface area contributed by atoms with E-state index in [0.717, 1.165) is 41.2 Å². The summed E-state index contributed by atoms with van der Waals surface area (Å²) in [5, 5.41) is 4.81. The summed E-state index contributed by atoms with van der Waals surface area (Å²) in [5.41, 5.74) is 5.82. The molecule has 3 nitrogen and oxygen atoms in total. The van der Waals surface area contributed by atoms with Crippen molar-refractivity contribution in [2.24, 2.45) is 0 Å². The predicted octanol–water partition coefficient (Wildman–Crippen LogP) is 5.49. The molecule has 0 N–H and O–H groups in total. The quantitative estimate of drug-likeness (QED) is 0.451. The highest BCUT2D eigenvalue weighted by Crippen LogP contribution is 2.34. The van der Waals surface area contributed by atoms with E-state index < -0.39 is 0 Å². The minimum Gasteiger partial charge on any atom is -0.296 e. The van der Waals surface area contributed by atoms with Gasteiger partial charge in [-0.25, -0.2) is 8.78 Å². The van der Waals surface area contributed by atoms with Gasteiger partial charge in [0.25, 0.3) is 0 Å². The Hall–Kier alpha value is -3.31. The molecule has 5 heteroatoms. The fraction of sp³-hybridized carbons (Fsp3) is 0.160. The predicted molar refractivity (Wildman–Crippen MR) is 114 cm³/mol. The molecule has 0 fully saturated rings. The van der Waals surface area contributed by atoms with E-state index in [4.69, 9.17) is 5.10 Å². The van der Waals surface area contributed by atoms with Gasteiger partial charge in [-0.15, -0.1) is 0 Å². The summed E-state index contributed by atoms with van der Waals surface area (Å²) in [5.74, 6) is -0.501. The van der Waals surface area contributed by atoms with Gasteiger partial charge in [-0.05, 0) is 42.4 Å². The van der Waals surface area contributed by atoms with Crippen molar-refractivity contribution in [1.82, 2.24) is 14.7 Å². The lowest BCUT2D eigenvalue weighted by Gasteiger charge is -2.14. The van der Waals surface area contributed by atoms with Gasteiger partial charge in [0, 0.05) is 29.8 Å². The molecule has 1 aliphatic rings. The molecule has 0 atom stereocenters. The Morgan fingerprint density at radius 3 is 2.27 bits per heavy atom. The minimum atomic E-state index is -0.254. The van der Waals surface area contributed by atoms with Crippen LogP contribution in [0.1, 0.15) is 16.8 Å². The molecule has 0 spiro atoms. The second-order valence-corrected chi connectivity index (χ2v) is 7.76. The molecule has 2 heterocycles. The van der Waals surface area contributed by atoms with Crippen molar-refractivity contribution >= 4 is 0 Å². The fourth-order valence-corrected chi connectivity index (χ4v) is 4.20. The van der Waals surface area contributed by atoms with Crippen molar-refractivity contribution in [3.05, 3.63) is 101 Å². The molecule has 0 amide bonds. The van der Waals surface area contributed by atoms with Gasteiger partial charge < -0.3 is 0 Å². The zero-order chi connectivity index (χ0) is 20.7. The van der Waals surface area contributed by atoms with Crippen LogP contribution >= 0.6 is 0 Å². The molecule has 30 heavy (non-hydrogen) atoms. The molecule has 0 saturated heterocycles. The third-order valence-corrected chi connectivity index (χ3v) is 5.55. The maximum absolute atomic E-state index is 14.7. The van der Waals surface area contributed by atoms with Crippen LogP contribution in [0.2, 0.25) is 0 Å². The van der Waals surface area contributed by atoms with E-state index in [-0.39, 0.29) is 11.6 Å². The van der Waals surface area contributed by atoms with Crippen molar-refractivity contribution in [2.45, 2.75) is 19.6 Å². The molecule has 150 valence electrons. The average molecular weight is 401 g/mol. The van der Waals surface area contributed by atoms with Gasteiger partial charge in [-0.2, -0.15) is 5.10 Å². The molecule has 3 aromatic carbocycles. The Labute approximate surface area is 174 Å². The van der Waals surface area contributed by atoms with Crippen LogP contribution < -0.4 is 0 Å². The van der Waals surface area contributed by atoms with E-state index in [1.54, 1.807) is 24.3 Å². The maximum atomic E-state index is 14.7. The molecule has 0 unspecified atom stereocenters. The second kappa shape index (κ2) is 7.50. The van der Waals surface area contributed by atoms with Gasteiger partial charge in [-0.3, -0.25) is 9.58 Å². The van der Waals surface area contributed by atoms with Crippen molar-refractivity contribution in [3.63, 3.8) is 0 Å². The number of hydrogen-bond acceptors (Lipinski definition) is 2. The molecule has 5 rings (SSSR count). The van der Waals surface area contributed by atoms with Crippen molar-refractivity contribution < 1.29 is 8.78 Å². The smallest absolute Gasteiger partial charge is 0.132 e. The number of benzene rings is 3. The summed E-state index contributed by atoms with van der Waals surface area (Å²) in [6, 6.07) is 21.4. The van der Waals surface area contributed by atoms with Crippen LogP contribution in [-0.4, -0.2) is 21.7 Å². The summed E-state index contributed by atoms with van der Waals surface area (Å²) < 4.78 is 30.8. The monoisotopic (exact) mass is 401 g/mol. The topological polar surface area (TPSA) is 21.1 Å². The molecule has 0 aliphatic carbocycles. The lowest BCUT2D eigenvalue weighted by molar-refractivity contribution is 0.346. The van der Waals surface area contributed by atoms with Gasteiger partial charge in [0.1, 0.15) is 11.6 Å². The van der Waals surface area contributed by atoms with E-state index in [9.17, 15) is 8.78 Å². The van der Waals surface area contributed by atoms with E-state index in [1.807, 2.05) is 48.1 Å². The standard InChI is InChI=1S/C25H21F2N3/c1-29-15-21-24(16-29)28-30(25(21)20-10-3-5-12-23(20)27)14-17-7-6-8-18(13-17)19-9-2-4-11-22(19)26/h2-13H,14-16H2,1H3. The molecule has 0 bridgehead atoms. The number of halogens is 2. The summed E-state index contributed by atoms with van der Waals surface area (Å²) in [6.07, 6.45) is 0. The summed E-state index contributed by atoms with van der Waals surface area (Å²) >= 11 is 0. The van der Waals surface area contributed by atoms with Crippen LogP contribution in [-0.2, 0) is 19.6 Å². The molecule has 4 aromatic rings.